The third-order valence-electron chi connectivity index (χ3n) is 6.01. The SMILES string of the molecule is CN1Cc2nc(C(=O)NCCc3cccc(OCC(F)(F)F)c3)cn2CC1c1ccc(C(F)(F)F)cc1. The fourth-order valence-electron chi connectivity index (χ4n) is 4.13. The average Bonchev–Trinajstić information content (AvgIpc) is 3.24. The fourth-order valence-corrected chi connectivity index (χ4v) is 4.13. The van der Waals surface area contributed by atoms with Crippen LogP contribution in [0.5, 0.6) is 5.75 Å². The van der Waals surface area contributed by atoms with Gasteiger partial charge in [0.05, 0.1) is 18.2 Å². The number of carbonyl (C=O) groups excluding carboxylic acids is 1. The number of hydrogen-bond acceptors (Lipinski definition) is 4. The number of aromatic nitrogens is 2. The highest BCUT2D eigenvalue weighted by Crippen LogP contribution is 2.33. The largest absolute Gasteiger partial charge is 0.484 e. The Kier molecular flexibility index (Phi) is 7.49. The number of benzene rings is 2. The number of carbonyl (C=O) groups is 1. The highest BCUT2D eigenvalue weighted by atomic mass is 19.4. The summed E-state index contributed by atoms with van der Waals surface area (Å²) < 4.78 is 82.2. The molecule has 0 spiro atoms. The van der Waals surface area contributed by atoms with E-state index < -0.39 is 30.4 Å². The lowest BCUT2D eigenvalue weighted by molar-refractivity contribution is -0.153. The van der Waals surface area contributed by atoms with Crippen molar-refractivity contribution in [3.63, 3.8) is 0 Å². The minimum absolute atomic E-state index is 0.0923. The smallest absolute Gasteiger partial charge is 0.422 e. The number of alkyl halides is 6. The van der Waals surface area contributed by atoms with Gasteiger partial charge in [0.2, 0.25) is 0 Å². The lowest BCUT2D eigenvalue weighted by atomic mass is 10.0. The van der Waals surface area contributed by atoms with E-state index in [-0.39, 0.29) is 24.0 Å². The maximum Gasteiger partial charge on any atom is 0.422 e. The number of imidazole rings is 1. The summed E-state index contributed by atoms with van der Waals surface area (Å²) in [6, 6.07) is 11.1. The second-order valence-corrected chi connectivity index (χ2v) is 8.80. The van der Waals surface area contributed by atoms with E-state index in [1.54, 1.807) is 18.3 Å². The Hall–Kier alpha value is -3.54. The molecular weight excluding hydrogens is 502 g/mol. The van der Waals surface area contributed by atoms with E-state index in [1.165, 1.54) is 24.3 Å². The van der Waals surface area contributed by atoms with Gasteiger partial charge in [-0.2, -0.15) is 26.3 Å². The summed E-state index contributed by atoms with van der Waals surface area (Å²) >= 11 is 0. The van der Waals surface area contributed by atoms with Gasteiger partial charge < -0.3 is 14.6 Å². The second-order valence-electron chi connectivity index (χ2n) is 8.80. The lowest BCUT2D eigenvalue weighted by Crippen LogP contribution is -2.34. The van der Waals surface area contributed by atoms with Crippen molar-refractivity contribution in [2.24, 2.45) is 0 Å². The topological polar surface area (TPSA) is 59.4 Å². The summed E-state index contributed by atoms with van der Waals surface area (Å²) in [5, 5.41) is 2.75. The molecule has 0 aliphatic carbocycles. The first-order chi connectivity index (χ1) is 17.4. The number of nitrogens with zero attached hydrogens (tertiary/aromatic N) is 3. The predicted molar refractivity (Wildman–Crippen MR) is 122 cm³/mol. The number of likely N-dealkylation sites (N-methyl/N-ethyl adjacent to an activating group) is 1. The van der Waals surface area contributed by atoms with E-state index in [0.717, 1.165) is 17.7 Å². The number of ether oxygens (including phenoxy) is 1. The number of nitrogens with one attached hydrogen (secondary N) is 1. The molecule has 0 saturated carbocycles. The Morgan fingerprint density at radius 3 is 2.51 bits per heavy atom. The van der Waals surface area contributed by atoms with Gasteiger partial charge in [0.1, 0.15) is 17.3 Å². The molecule has 1 atom stereocenters. The van der Waals surface area contributed by atoms with Crippen LogP contribution in [0, 0.1) is 0 Å². The van der Waals surface area contributed by atoms with Crippen LogP contribution in [-0.4, -0.2) is 46.7 Å². The molecule has 0 fully saturated rings. The molecule has 6 nitrogen and oxygen atoms in total. The Morgan fingerprint density at radius 2 is 1.84 bits per heavy atom. The van der Waals surface area contributed by atoms with E-state index in [2.05, 4.69) is 10.3 Å². The zero-order valence-electron chi connectivity index (χ0n) is 19.7. The summed E-state index contributed by atoms with van der Waals surface area (Å²) in [4.78, 5) is 19.0. The van der Waals surface area contributed by atoms with Crippen molar-refractivity contribution in [3.8, 4) is 5.75 Å². The molecule has 1 amide bonds. The van der Waals surface area contributed by atoms with Gasteiger partial charge in [0.25, 0.3) is 5.91 Å². The van der Waals surface area contributed by atoms with Crippen LogP contribution in [0.4, 0.5) is 26.3 Å². The molecule has 1 aliphatic heterocycles. The van der Waals surface area contributed by atoms with E-state index in [1.807, 2.05) is 16.5 Å². The van der Waals surface area contributed by atoms with Crippen molar-refractivity contribution >= 4 is 5.91 Å². The van der Waals surface area contributed by atoms with Gasteiger partial charge in [0, 0.05) is 19.3 Å². The van der Waals surface area contributed by atoms with Gasteiger partial charge in [-0.05, 0) is 48.9 Å². The van der Waals surface area contributed by atoms with Gasteiger partial charge >= 0.3 is 12.4 Å². The molecule has 198 valence electrons. The van der Waals surface area contributed by atoms with Crippen LogP contribution in [-0.2, 0) is 25.7 Å². The molecule has 2 heterocycles. The number of hydrogen-bond donors (Lipinski definition) is 1. The quantitative estimate of drug-likeness (QED) is 0.441. The molecular formula is C25H24F6N4O2. The summed E-state index contributed by atoms with van der Waals surface area (Å²) in [5.41, 5.74) is 0.920. The Balaban J connectivity index is 1.34. The minimum Gasteiger partial charge on any atom is -0.484 e. The third-order valence-corrected chi connectivity index (χ3v) is 6.01. The van der Waals surface area contributed by atoms with Crippen LogP contribution < -0.4 is 10.1 Å². The van der Waals surface area contributed by atoms with E-state index in [0.29, 0.717) is 30.9 Å². The molecule has 2 aromatic carbocycles. The first-order valence-electron chi connectivity index (χ1n) is 11.4. The van der Waals surface area contributed by atoms with Crippen molar-refractivity contribution in [2.75, 3.05) is 20.2 Å². The molecule has 12 heteroatoms. The van der Waals surface area contributed by atoms with E-state index >= 15 is 0 Å². The van der Waals surface area contributed by atoms with Crippen LogP contribution in [0.25, 0.3) is 0 Å². The fraction of sp³-hybridized carbons (Fsp3) is 0.360. The Morgan fingerprint density at radius 1 is 1.11 bits per heavy atom. The molecule has 1 unspecified atom stereocenters. The number of rotatable bonds is 7. The van der Waals surface area contributed by atoms with Crippen LogP contribution in [0.2, 0.25) is 0 Å². The molecule has 3 aromatic rings. The number of fused-ring (bicyclic) bond motifs is 1. The summed E-state index contributed by atoms with van der Waals surface area (Å²) in [6.45, 7) is -0.323. The number of amides is 1. The van der Waals surface area contributed by atoms with Gasteiger partial charge in [-0.25, -0.2) is 4.98 Å². The van der Waals surface area contributed by atoms with E-state index in [4.69, 9.17) is 4.74 Å². The van der Waals surface area contributed by atoms with Crippen molar-refractivity contribution in [1.82, 2.24) is 19.8 Å². The molecule has 0 radical (unpaired) electrons. The van der Waals surface area contributed by atoms with Crippen LogP contribution in [0.1, 0.15) is 39.0 Å². The highest BCUT2D eigenvalue weighted by Gasteiger charge is 2.32. The van der Waals surface area contributed by atoms with Gasteiger partial charge in [0.15, 0.2) is 6.61 Å². The molecule has 1 aromatic heterocycles. The first-order valence-corrected chi connectivity index (χ1v) is 11.4. The summed E-state index contributed by atoms with van der Waals surface area (Å²) in [6.07, 6.45) is -6.84. The first kappa shape index (κ1) is 26.5. The zero-order valence-corrected chi connectivity index (χ0v) is 19.7. The lowest BCUT2D eigenvalue weighted by Gasteiger charge is -2.33. The standard InChI is InChI=1S/C25H24F6N4O2/c1-34-14-22-33-20(12-35(22)13-21(34)17-5-7-18(8-6-17)25(29,30)31)23(36)32-10-9-16-3-2-4-19(11-16)37-15-24(26,27)28/h2-8,11-12,21H,9-10,13-15H2,1H3,(H,32,36). The zero-order chi connectivity index (χ0) is 26.8. The third kappa shape index (κ3) is 6.82. The molecule has 1 N–H and O–H groups in total. The molecule has 0 bridgehead atoms. The average molecular weight is 526 g/mol. The van der Waals surface area contributed by atoms with Gasteiger partial charge in [-0.3, -0.25) is 9.69 Å². The van der Waals surface area contributed by atoms with Crippen molar-refractivity contribution in [3.05, 3.63) is 82.9 Å². The minimum atomic E-state index is -4.43. The summed E-state index contributed by atoms with van der Waals surface area (Å²) in [7, 11) is 1.84. The molecule has 4 rings (SSSR count). The van der Waals surface area contributed by atoms with Crippen LogP contribution in [0.3, 0.4) is 0 Å². The molecule has 0 saturated heterocycles. The second kappa shape index (κ2) is 10.4. The van der Waals surface area contributed by atoms with Crippen LogP contribution >= 0.6 is 0 Å². The van der Waals surface area contributed by atoms with Gasteiger partial charge in [-0.15, -0.1) is 0 Å². The number of halogens is 6. The Labute approximate surface area is 208 Å². The van der Waals surface area contributed by atoms with Crippen LogP contribution in [0.15, 0.2) is 54.7 Å². The van der Waals surface area contributed by atoms with Crippen molar-refractivity contribution in [2.45, 2.75) is 37.9 Å². The Bertz CT molecular complexity index is 1240. The van der Waals surface area contributed by atoms with Gasteiger partial charge in [-0.1, -0.05) is 24.3 Å². The highest BCUT2D eigenvalue weighted by molar-refractivity contribution is 5.92. The molecule has 1 aliphatic rings. The normalized spacial score (nSPS) is 16.4. The molecule has 37 heavy (non-hydrogen) atoms. The maximum atomic E-state index is 12.9. The maximum absolute atomic E-state index is 12.9. The monoisotopic (exact) mass is 526 g/mol. The van der Waals surface area contributed by atoms with Crippen molar-refractivity contribution in [1.29, 1.82) is 0 Å². The van der Waals surface area contributed by atoms with Crippen molar-refractivity contribution < 1.29 is 35.9 Å². The predicted octanol–water partition coefficient (Wildman–Crippen LogP) is 5.00. The van der Waals surface area contributed by atoms with E-state index in [9.17, 15) is 31.1 Å². The summed E-state index contributed by atoms with van der Waals surface area (Å²) in [5.74, 6) is 0.347.